The van der Waals surface area contributed by atoms with E-state index in [2.05, 4.69) is 10.4 Å². The molecule has 146 valence electrons. The van der Waals surface area contributed by atoms with Crippen molar-refractivity contribution in [2.45, 2.75) is 11.4 Å². The maximum atomic E-state index is 12.7. The molecule has 4 rings (SSSR count). The van der Waals surface area contributed by atoms with Crippen LogP contribution in [-0.2, 0) is 11.8 Å². The highest BCUT2D eigenvalue weighted by Gasteiger charge is 2.49. The molecule has 1 amide bonds. The van der Waals surface area contributed by atoms with Gasteiger partial charge in [-0.3, -0.25) is 19.6 Å². The Hall–Kier alpha value is -3.28. The van der Waals surface area contributed by atoms with Crippen molar-refractivity contribution < 1.29 is 9.21 Å². The lowest BCUT2D eigenvalue weighted by molar-refractivity contribution is -0.144. The molecular formula is C19H13Cl2N5O3. The molecule has 10 heteroatoms. The number of nitriles is 1. The third-order valence-corrected chi connectivity index (χ3v) is 5.28. The van der Waals surface area contributed by atoms with Gasteiger partial charge in [0, 0.05) is 17.6 Å². The molecule has 0 spiro atoms. The Labute approximate surface area is 174 Å². The number of hydrazine groups is 1. The van der Waals surface area contributed by atoms with Crippen LogP contribution < -0.4 is 11.0 Å². The molecule has 0 bridgehead atoms. The molecule has 3 aromatic rings. The first-order valence-corrected chi connectivity index (χ1v) is 9.28. The third-order valence-electron chi connectivity index (χ3n) is 4.60. The summed E-state index contributed by atoms with van der Waals surface area (Å²) in [7, 11) is 1.45. The van der Waals surface area contributed by atoms with Crippen molar-refractivity contribution in [3.05, 3.63) is 69.4 Å². The summed E-state index contributed by atoms with van der Waals surface area (Å²) < 4.78 is 6.51. The van der Waals surface area contributed by atoms with E-state index in [-0.39, 0.29) is 23.1 Å². The van der Waals surface area contributed by atoms with E-state index >= 15 is 0 Å². The van der Waals surface area contributed by atoms with Gasteiger partial charge in [-0.15, -0.1) is 11.6 Å². The third kappa shape index (κ3) is 3.14. The topological polar surface area (TPSA) is 104 Å². The summed E-state index contributed by atoms with van der Waals surface area (Å²) in [6.45, 7) is 0. The summed E-state index contributed by atoms with van der Waals surface area (Å²) in [5.41, 5.74) is 2.88. The lowest BCUT2D eigenvalue weighted by Gasteiger charge is -2.42. The zero-order chi connectivity index (χ0) is 20.7. The number of β-lactam (4-membered cyclic amide) rings is 1. The quantitative estimate of drug-likeness (QED) is 0.504. The van der Waals surface area contributed by atoms with Crippen LogP contribution in [0.1, 0.15) is 17.4 Å². The SMILES string of the molecule is Cn1c(NN2C(=O)C(Cl)C2c2ccco2)nc(-c2ccc(Cl)cc2)c(C#N)c1=O. The number of alkyl halides is 1. The fourth-order valence-electron chi connectivity index (χ4n) is 3.04. The summed E-state index contributed by atoms with van der Waals surface area (Å²) in [4.78, 5) is 29.4. The molecule has 2 aromatic heterocycles. The van der Waals surface area contributed by atoms with Crippen LogP contribution in [0, 0.1) is 11.3 Å². The average molecular weight is 430 g/mol. The maximum Gasteiger partial charge on any atom is 0.273 e. The second-order valence-electron chi connectivity index (χ2n) is 6.32. The van der Waals surface area contributed by atoms with Gasteiger partial charge < -0.3 is 4.42 Å². The van der Waals surface area contributed by atoms with Gasteiger partial charge in [0.25, 0.3) is 11.5 Å². The first kappa shape index (κ1) is 19.1. The van der Waals surface area contributed by atoms with Crippen LogP contribution in [0.25, 0.3) is 11.3 Å². The zero-order valence-corrected chi connectivity index (χ0v) is 16.5. The van der Waals surface area contributed by atoms with E-state index in [9.17, 15) is 14.9 Å². The molecule has 1 fully saturated rings. The average Bonchev–Trinajstić information content (AvgIpc) is 3.24. The predicted molar refractivity (Wildman–Crippen MR) is 106 cm³/mol. The van der Waals surface area contributed by atoms with Crippen molar-refractivity contribution in [2.75, 3.05) is 5.43 Å². The van der Waals surface area contributed by atoms with Crippen LogP contribution in [-0.4, -0.2) is 25.8 Å². The first-order valence-electron chi connectivity index (χ1n) is 8.46. The Kier molecular flexibility index (Phi) is 4.78. The molecular weight excluding hydrogens is 417 g/mol. The minimum Gasteiger partial charge on any atom is -0.467 e. The maximum absolute atomic E-state index is 12.7. The summed E-state index contributed by atoms with van der Waals surface area (Å²) in [5, 5.41) is 10.4. The molecule has 3 heterocycles. The number of hydrogen-bond acceptors (Lipinski definition) is 6. The van der Waals surface area contributed by atoms with Crippen molar-refractivity contribution >= 4 is 35.1 Å². The van der Waals surface area contributed by atoms with Crippen molar-refractivity contribution in [3.8, 4) is 17.3 Å². The van der Waals surface area contributed by atoms with E-state index in [0.717, 1.165) is 4.57 Å². The van der Waals surface area contributed by atoms with Crippen LogP contribution in [0.5, 0.6) is 0 Å². The Morgan fingerprint density at radius 1 is 1.24 bits per heavy atom. The fraction of sp³-hybridized carbons (Fsp3) is 0.158. The lowest BCUT2D eigenvalue weighted by atomic mass is 10.0. The predicted octanol–water partition coefficient (Wildman–Crippen LogP) is 3.08. The standard InChI is InChI=1S/C19H13Cl2N5O3/c1-25-17(27)12(9-22)15(10-4-6-11(20)7-5-10)23-19(25)24-26-16(14(21)18(26)28)13-3-2-8-29-13/h2-8,14,16H,1H3,(H,23,24). The highest BCUT2D eigenvalue weighted by Crippen LogP contribution is 2.38. The number of halogens is 2. The highest BCUT2D eigenvalue weighted by molar-refractivity contribution is 6.33. The van der Waals surface area contributed by atoms with E-state index < -0.39 is 17.0 Å². The largest absolute Gasteiger partial charge is 0.467 e. The summed E-state index contributed by atoms with van der Waals surface area (Å²) in [6, 6.07) is 11.3. The Morgan fingerprint density at radius 2 is 1.97 bits per heavy atom. The molecule has 1 aliphatic heterocycles. The van der Waals surface area contributed by atoms with Crippen molar-refractivity contribution in [1.29, 1.82) is 5.26 Å². The van der Waals surface area contributed by atoms with Gasteiger partial charge in [0.05, 0.1) is 12.0 Å². The van der Waals surface area contributed by atoms with E-state index in [1.165, 1.54) is 18.3 Å². The Morgan fingerprint density at radius 3 is 2.59 bits per heavy atom. The van der Waals surface area contributed by atoms with E-state index in [1.54, 1.807) is 36.4 Å². The molecule has 1 aliphatic rings. The number of aromatic nitrogens is 2. The number of anilines is 1. The molecule has 8 nitrogen and oxygen atoms in total. The van der Waals surface area contributed by atoms with Gasteiger partial charge in [0.2, 0.25) is 5.95 Å². The second-order valence-corrected chi connectivity index (χ2v) is 7.23. The minimum absolute atomic E-state index is 0.0763. The number of nitrogens with zero attached hydrogens (tertiary/aromatic N) is 4. The van der Waals surface area contributed by atoms with Crippen LogP contribution in [0.3, 0.4) is 0 Å². The molecule has 0 radical (unpaired) electrons. The van der Waals surface area contributed by atoms with E-state index in [1.807, 2.05) is 6.07 Å². The van der Waals surface area contributed by atoms with Gasteiger partial charge in [-0.2, -0.15) is 5.26 Å². The molecule has 1 saturated heterocycles. The highest BCUT2D eigenvalue weighted by atomic mass is 35.5. The van der Waals surface area contributed by atoms with Crippen LogP contribution in [0.15, 0.2) is 51.9 Å². The summed E-state index contributed by atoms with van der Waals surface area (Å²) in [6.07, 6.45) is 1.48. The number of carbonyl (C=O) groups excluding carboxylic acids is 1. The molecule has 2 unspecified atom stereocenters. The van der Waals surface area contributed by atoms with Gasteiger partial charge in [0.1, 0.15) is 28.8 Å². The van der Waals surface area contributed by atoms with Crippen LogP contribution in [0.4, 0.5) is 5.95 Å². The van der Waals surface area contributed by atoms with Crippen molar-refractivity contribution in [1.82, 2.24) is 14.6 Å². The first-order chi connectivity index (χ1) is 13.9. The normalized spacial score (nSPS) is 18.3. The van der Waals surface area contributed by atoms with Gasteiger partial charge in [-0.05, 0) is 24.3 Å². The number of rotatable bonds is 4. The number of hydrogen-bond donors (Lipinski definition) is 1. The molecule has 0 aliphatic carbocycles. The number of amides is 1. The van der Waals surface area contributed by atoms with Gasteiger partial charge >= 0.3 is 0 Å². The minimum atomic E-state index is -0.806. The second kappa shape index (κ2) is 7.28. The molecule has 29 heavy (non-hydrogen) atoms. The summed E-state index contributed by atoms with van der Waals surface area (Å²) in [5.74, 6) is 0.181. The Bertz CT molecular complexity index is 1180. The molecule has 2 atom stereocenters. The number of carbonyl (C=O) groups is 1. The smallest absolute Gasteiger partial charge is 0.273 e. The monoisotopic (exact) mass is 429 g/mol. The van der Waals surface area contributed by atoms with Gasteiger partial charge in [0.15, 0.2) is 0 Å². The molecule has 1 N–H and O–H groups in total. The zero-order valence-electron chi connectivity index (χ0n) is 15.0. The van der Waals surface area contributed by atoms with Gasteiger partial charge in [-0.25, -0.2) is 9.99 Å². The molecule has 0 saturated carbocycles. The Balaban J connectivity index is 1.76. The van der Waals surface area contributed by atoms with Crippen molar-refractivity contribution in [3.63, 3.8) is 0 Å². The lowest BCUT2D eigenvalue weighted by Crippen LogP contribution is -2.59. The van der Waals surface area contributed by atoms with Gasteiger partial charge in [-0.1, -0.05) is 23.7 Å². The number of benzene rings is 1. The number of nitrogens with one attached hydrogen (secondary N) is 1. The van der Waals surface area contributed by atoms with E-state index in [4.69, 9.17) is 27.6 Å². The van der Waals surface area contributed by atoms with Crippen molar-refractivity contribution in [2.24, 2.45) is 7.05 Å². The van der Waals surface area contributed by atoms with E-state index in [0.29, 0.717) is 16.3 Å². The van der Waals surface area contributed by atoms with Crippen LogP contribution in [0.2, 0.25) is 5.02 Å². The number of furan rings is 1. The van der Waals surface area contributed by atoms with Crippen LogP contribution >= 0.6 is 23.2 Å². The summed E-state index contributed by atoms with van der Waals surface area (Å²) >= 11 is 12.1. The fourth-order valence-corrected chi connectivity index (χ4v) is 3.50. The molecule has 1 aromatic carbocycles.